The number of nitrogens with one attached hydrogen (secondary N) is 2. The van der Waals surface area contributed by atoms with E-state index in [4.69, 9.17) is 0 Å². The molecule has 4 nitrogen and oxygen atoms in total. The summed E-state index contributed by atoms with van der Waals surface area (Å²) in [6.07, 6.45) is 4.06. The van der Waals surface area contributed by atoms with Gasteiger partial charge in [0, 0.05) is 12.6 Å². The summed E-state index contributed by atoms with van der Waals surface area (Å²) in [6, 6.07) is 0.202. The Kier molecular flexibility index (Phi) is 5.40. The normalized spacial score (nSPS) is 26.2. The van der Waals surface area contributed by atoms with Crippen LogP contribution in [0.5, 0.6) is 0 Å². The van der Waals surface area contributed by atoms with E-state index < -0.39 is 0 Å². The third-order valence-corrected chi connectivity index (χ3v) is 3.37. The second-order valence-electron chi connectivity index (χ2n) is 5.50. The van der Waals surface area contributed by atoms with Crippen molar-refractivity contribution in [2.75, 3.05) is 27.2 Å². The summed E-state index contributed by atoms with van der Waals surface area (Å²) in [4.78, 5) is 14.5. The van der Waals surface area contributed by atoms with Crippen molar-refractivity contribution in [1.82, 2.24) is 15.5 Å². The predicted molar refractivity (Wildman–Crippen MR) is 71.0 cm³/mol. The zero-order chi connectivity index (χ0) is 12.9. The molecule has 0 aromatic heterocycles. The van der Waals surface area contributed by atoms with Gasteiger partial charge < -0.3 is 15.5 Å². The van der Waals surface area contributed by atoms with Crippen molar-refractivity contribution >= 4 is 5.91 Å². The zero-order valence-corrected chi connectivity index (χ0v) is 11.7. The molecular weight excluding hydrogens is 214 g/mol. The first kappa shape index (κ1) is 14.5. The fraction of sp³-hybridized carbons (Fsp3) is 0.923. The maximum absolute atomic E-state index is 12.4. The molecule has 1 heterocycles. The highest BCUT2D eigenvalue weighted by Gasteiger charge is 2.40. The molecule has 17 heavy (non-hydrogen) atoms. The van der Waals surface area contributed by atoms with Crippen LogP contribution in [0.2, 0.25) is 0 Å². The Morgan fingerprint density at radius 3 is 2.71 bits per heavy atom. The quantitative estimate of drug-likeness (QED) is 0.728. The van der Waals surface area contributed by atoms with Crippen LogP contribution in [0, 0.1) is 0 Å². The highest BCUT2D eigenvalue weighted by Crippen LogP contribution is 2.25. The summed E-state index contributed by atoms with van der Waals surface area (Å²) >= 11 is 0. The minimum atomic E-state index is -0.296. The van der Waals surface area contributed by atoms with Crippen LogP contribution >= 0.6 is 0 Å². The minimum absolute atomic E-state index is 0.186. The van der Waals surface area contributed by atoms with Gasteiger partial charge in [-0.15, -0.1) is 0 Å². The van der Waals surface area contributed by atoms with Gasteiger partial charge in [-0.05, 0) is 46.8 Å². The molecule has 4 heteroatoms. The van der Waals surface area contributed by atoms with E-state index in [0.29, 0.717) is 0 Å². The second kappa shape index (κ2) is 6.36. The van der Waals surface area contributed by atoms with E-state index >= 15 is 0 Å². The number of carbonyl (C=O) groups excluding carboxylic acids is 1. The van der Waals surface area contributed by atoms with Crippen LogP contribution in [0.25, 0.3) is 0 Å². The van der Waals surface area contributed by atoms with Gasteiger partial charge in [-0.25, -0.2) is 0 Å². The van der Waals surface area contributed by atoms with Crippen LogP contribution in [0.1, 0.15) is 39.5 Å². The molecule has 0 aromatic carbocycles. The van der Waals surface area contributed by atoms with Crippen molar-refractivity contribution in [3.05, 3.63) is 0 Å². The predicted octanol–water partition coefficient (Wildman–Crippen LogP) is 0.975. The largest absolute Gasteiger partial charge is 0.351 e. The lowest BCUT2D eigenvalue weighted by atomic mass is 9.90. The van der Waals surface area contributed by atoms with E-state index in [9.17, 15) is 4.79 Å². The van der Waals surface area contributed by atoms with Gasteiger partial charge in [-0.2, -0.15) is 0 Å². The maximum Gasteiger partial charge on any atom is 0.240 e. The number of hydrogen-bond acceptors (Lipinski definition) is 3. The SMILES string of the molecule is CCCC1(C(=O)NC(C)CN(C)C)CCCN1. The average Bonchev–Trinajstić information content (AvgIpc) is 2.66. The molecule has 1 fully saturated rings. The topological polar surface area (TPSA) is 44.4 Å². The highest BCUT2D eigenvalue weighted by atomic mass is 16.2. The molecule has 2 unspecified atom stereocenters. The van der Waals surface area contributed by atoms with Crippen molar-refractivity contribution in [1.29, 1.82) is 0 Å². The van der Waals surface area contributed by atoms with Gasteiger partial charge in [0.2, 0.25) is 5.91 Å². The van der Waals surface area contributed by atoms with Crippen LogP contribution in [-0.4, -0.2) is 49.6 Å². The first-order valence-corrected chi connectivity index (χ1v) is 6.71. The molecule has 0 aromatic rings. The standard InChI is InChI=1S/C13H27N3O/c1-5-7-13(8-6-9-14-13)12(17)15-11(2)10-16(3)4/h11,14H,5-10H2,1-4H3,(H,15,17). The summed E-state index contributed by atoms with van der Waals surface area (Å²) in [5.41, 5.74) is -0.296. The zero-order valence-electron chi connectivity index (χ0n) is 11.7. The van der Waals surface area contributed by atoms with Gasteiger partial charge in [0.25, 0.3) is 0 Å². The lowest BCUT2D eigenvalue weighted by molar-refractivity contribution is -0.128. The average molecular weight is 241 g/mol. The Balaban J connectivity index is 2.54. The Morgan fingerprint density at radius 1 is 1.53 bits per heavy atom. The fourth-order valence-electron chi connectivity index (χ4n) is 2.71. The lowest BCUT2D eigenvalue weighted by Crippen LogP contribution is -2.56. The first-order chi connectivity index (χ1) is 8.00. The minimum Gasteiger partial charge on any atom is -0.351 e. The summed E-state index contributed by atoms with van der Waals surface area (Å²) < 4.78 is 0. The molecular formula is C13H27N3O. The third-order valence-electron chi connectivity index (χ3n) is 3.37. The number of likely N-dealkylation sites (N-methyl/N-ethyl adjacent to an activating group) is 1. The van der Waals surface area contributed by atoms with E-state index in [2.05, 4.69) is 29.4 Å². The van der Waals surface area contributed by atoms with E-state index in [-0.39, 0.29) is 17.5 Å². The lowest BCUT2D eigenvalue weighted by Gasteiger charge is -2.30. The molecule has 0 saturated carbocycles. The molecule has 2 atom stereocenters. The van der Waals surface area contributed by atoms with Crippen LogP contribution in [0.4, 0.5) is 0 Å². The Hall–Kier alpha value is -0.610. The Bertz CT molecular complexity index is 247. The third kappa shape index (κ3) is 3.96. The van der Waals surface area contributed by atoms with Crippen molar-refractivity contribution in [2.45, 2.75) is 51.1 Å². The second-order valence-corrected chi connectivity index (χ2v) is 5.50. The monoisotopic (exact) mass is 241 g/mol. The summed E-state index contributed by atoms with van der Waals surface area (Å²) in [5, 5.41) is 6.54. The van der Waals surface area contributed by atoms with Crippen LogP contribution < -0.4 is 10.6 Å². The van der Waals surface area contributed by atoms with Crippen LogP contribution in [0.15, 0.2) is 0 Å². The van der Waals surface area contributed by atoms with Gasteiger partial charge in [0.1, 0.15) is 0 Å². The summed E-state index contributed by atoms with van der Waals surface area (Å²) in [5.74, 6) is 0.186. The van der Waals surface area contributed by atoms with E-state index in [1.807, 2.05) is 14.1 Å². The maximum atomic E-state index is 12.4. The van der Waals surface area contributed by atoms with Gasteiger partial charge in [-0.1, -0.05) is 13.3 Å². The number of carbonyl (C=O) groups is 1. The molecule has 0 spiro atoms. The number of hydrogen-bond donors (Lipinski definition) is 2. The van der Waals surface area contributed by atoms with Crippen molar-refractivity contribution < 1.29 is 4.79 Å². The molecule has 1 rings (SSSR count). The number of rotatable bonds is 6. The van der Waals surface area contributed by atoms with E-state index in [1.54, 1.807) is 0 Å². The Labute approximate surface area is 105 Å². The van der Waals surface area contributed by atoms with Gasteiger partial charge >= 0.3 is 0 Å². The molecule has 1 saturated heterocycles. The molecule has 0 bridgehead atoms. The molecule has 100 valence electrons. The van der Waals surface area contributed by atoms with E-state index in [0.717, 1.165) is 38.8 Å². The van der Waals surface area contributed by atoms with E-state index in [1.165, 1.54) is 0 Å². The van der Waals surface area contributed by atoms with Crippen molar-refractivity contribution in [3.63, 3.8) is 0 Å². The van der Waals surface area contributed by atoms with Crippen LogP contribution in [0.3, 0.4) is 0 Å². The molecule has 0 aliphatic carbocycles. The van der Waals surface area contributed by atoms with Gasteiger partial charge in [-0.3, -0.25) is 4.79 Å². The van der Waals surface area contributed by atoms with Gasteiger partial charge in [0.05, 0.1) is 5.54 Å². The highest BCUT2D eigenvalue weighted by molar-refractivity contribution is 5.86. The van der Waals surface area contributed by atoms with Crippen LogP contribution in [-0.2, 0) is 4.79 Å². The number of nitrogens with zero attached hydrogens (tertiary/aromatic N) is 1. The summed E-state index contributed by atoms with van der Waals surface area (Å²) in [6.45, 7) is 6.05. The smallest absolute Gasteiger partial charge is 0.240 e. The number of amides is 1. The molecule has 1 aliphatic rings. The van der Waals surface area contributed by atoms with Gasteiger partial charge in [0.15, 0.2) is 0 Å². The Morgan fingerprint density at radius 2 is 2.24 bits per heavy atom. The molecule has 2 N–H and O–H groups in total. The first-order valence-electron chi connectivity index (χ1n) is 6.71. The van der Waals surface area contributed by atoms with Crippen molar-refractivity contribution in [3.8, 4) is 0 Å². The molecule has 1 aliphatic heterocycles. The van der Waals surface area contributed by atoms with Crippen molar-refractivity contribution in [2.24, 2.45) is 0 Å². The fourth-order valence-corrected chi connectivity index (χ4v) is 2.71. The molecule has 1 amide bonds. The summed E-state index contributed by atoms with van der Waals surface area (Å²) in [7, 11) is 4.05. The molecule has 0 radical (unpaired) electrons.